The maximum Gasteiger partial charge on any atom is 0.243 e. The highest BCUT2D eigenvalue weighted by molar-refractivity contribution is 5.96. The van der Waals surface area contributed by atoms with Crippen LogP contribution >= 0.6 is 0 Å². The smallest absolute Gasteiger partial charge is 0.243 e. The van der Waals surface area contributed by atoms with Gasteiger partial charge in [0.2, 0.25) is 23.6 Å². The third-order valence-corrected chi connectivity index (χ3v) is 10.1. The molecule has 2 aromatic carbocycles. The summed E-state index contributed by atoms with van der Waals surface area (Å²) < 4.78 is 20.3. The Morgan fingerprint density at radius 2 is 1.84 bits per heavy atom. The van der Waals surface area contributed by atoms with Crippen LogP contribution in [0.1, 0.15) is 68.1 Å². The number of hydrogen-bond donors (Lipinski definition) is 3. The van der Waals surface area contributed by atoms with E-state index in [-0.39, 0.29) is 50.0 Å². The van der Waals surface area contributed by atoms with Gasteiger partial charge in [0.05, 0.1) is 18.4 Å². The van der Waals surface area contributed by atoms with E-state index >= 15 is 0 Å². The number of ether oxygens (including phenoxy) is 1. The Bertz CT molecular complexity index is 1430. The fourth-order valence-corrected chi connectivity index (χ4v) is 7.33. The summed E-state index contributed by atoms with van der Waals surface area (Å²) in [4.78, 5) is 56.1. The van der Waals surface area contributed by atoms with Crippen molar-refractivity contribution in [3.05, 3.63) is 65.2 Å². The van der Waals surface area contributed by atoms with Gasteiger partial charge >= 0.3 is 0 Å². The summed E-state index contributed by atoms with van der Waals surface area (Å²) in [5, 5.41) is 8.64. The third kappa shape index (κ3) is 6.99. The quantitative estimate of drug-likeness (QED) is 0.474. The van der Waals surface area contributed by atoms with E-state index in [0.717, 1.165) is 41.7 Å². The van der Waals surface area contributed by atoms with Crippen LogP contribution in [-0.4, -0.2) is 66.0 Å². The standard InChI is InChI=1S/C35H43FN4O5/c1-23-9-11-27-16-26(23)18-37-31(42)28(12-10-24-6-3-2-4-7-24)38-32(43)29(39-33(44)34-20-35(36,21-34)22-34)17-30(41)40-14-5-8-25(19-40)13-15-45-27/h2-4,6-7,9,11,16,25,28-29H,5,8,10,12-15,17-22H2,1H3,(H,37,42)(H,38,43)(H,39,44)/t25?,28-,29-,34?,35?/m0/s1. The van der Waals surface area contributed by atoms with Crippen molar-refractivity contribution in [2.75, 3.05) is 19.7 Å². The minimum atomic E-state index is -1.28. The normalized spacial score (nSPS) is 30.3. The van der Waals surface area contributed by atoms with Crippen molar-refractivity contribution in [2.45, 2.75) is 89.0 Å². The summed E-state index contributed by atoms with van der Waals surface area (Å²) in [7, 11) is 0. The van der Waals surface area contributed by atoms with E-state index < -0.39 is 35.0 Å². The number of nitrogens with one attached hydrogen (secondary N) is 3. The van der Waals surface area contributed by atoms with Crippen molar-refractivity contribution >= 4 is 23.6 Å². The van der Waals surface area contributed by atoms with Crippen LogP contribution in [-0.2, 0) is 32.1 Å². The number of aryl methyl sites for hydroxylation is 2. The van der Waals surface area contributed by atoms with Gasteiger partial charge in [-0.25, -0.2) is 4.39 Å². The number of nitrogens with zero attached hydrogens (tertiary/aromatic N) is 1. The molecule has 1 unspecified atom stereocenters. The monoisotopic (exact) mass is 618 g/mol. The fraction of sp³-hybridized carbons (Fsp3) is 0.543. The Morgan fingerprint density at radius 3 is 2.60 bits per heavy atom. The topological polar surface area (TPSA) is 117 Å². The van der Waals surface area contributed by atoms with Gasteiger partial charge in [0.25, 0.3) is 0 Å². The lowest BCUT2D eigenvalue weighted by Crippen LogP contribution is -2.71. The largest absolute Gasteiger partial charge is 0.494 e. The Kier molecular flexibility index (Phi) is 8.84. The predicted octanol–water partition coefficient (Wildman–Crippen LogP) is 3.52. The van der Waals surface area contributed by atoms with Crippen LogP contribution in [0.3, 0.4) is 0 Å². The maximum absolute atomic E-state index is 14.3. The molecular weight excluding hydrogens is 575 g/mol. The number of benzene rings is 2. The number of halogens is 1. The molecule has 2 aliphatic heterocycles. The molecule has 3 atom stereocenters. The van der Waals surface area contributed by atoms with Crippen molar-refractivity contribution in [1.82, 2.24) is 20.9 Å². The van der Waals surface area contributed by atoms with Gasteiger partial charge in [-0.2, -0.15) is 0 Å². The highest BCUT2D eigenvalue weighted by atomic mass is 19.1. The van der Waals surface area contributed by atoms with E-state index in [1.807, 2.05) is 55.5 Å². The van der Waals surface area contributed by atoms with Gasteiger partial charge in [0, 0.05) is 19.6 Å². The van der Waals surface area contributed by atoms with E-state index in [1.54, 1.807) is 4.90 Å². The van der Waals surface area contributed by atoms with Gasteiger partial charge in [-0.1, -0.05) is 36.4 Å². The predicted molar refractivity (Wildman–Crippen MR) is 166 cm³/mol. The van der Waals surface area contributed by atoms with Gasteiger partial charge in [-0.3, -0.25) is 19.2 Å². The molecule has 4 amide bonds. The summed E-state index contributed by atoms with van der Waals surface area (Å²) in [5.41, 5.74) is 0.854. The summed E-state index contributed by atoms with van der Waals surface area (Å²) in [6, 6.07) is 13.4. The van der Waals surface area contributed by atoms with Crippen molar-refractivity contribution in [3.8, 4) is 5.75 Å². The number of carbonyl (C=O) groups excluding carboxylic acids is 4. The molecular formula is C35H43FN4O5. The zero-order valence-electron chi connectivity index (χ0n) is 25.9. The number of rotatable bonds is 5. The van der Waals surface area contributed by atoms with Crippen LogP contribution in [0, 0.1) is 18.3 Å². The zero-order chi connectivity index (χ0) is 31.6. The van der Waals surface area contributed by atoms with Gasteiger partial charge in [0.15, 0.2) is 0 Å². The molecule has 7 rings (SSSR count). The molecule has 0 aromatic heterocycles. The number of alkyl halides is 1. The second-order valence-corrected chi connectivity index (χ2v) is 13.6. The van der Waals surface area contributed by atoms with Crippen LogP contribution in [0.5, 0.6) is 5.75 Å². The van der Waals surface area contributed by atoms with Crippen LogP contribution in [0.25, 0.3) is 0 Å². The highest BCUT2D eigenvalue weighted by Gasteiger charge is 2.73. The molecule has 1 saturated heterocycles. The van der Waals surface area contributed by atoms with Crippen LogP contribution in [0.2, 0.25) is 0 Å². The van der Waals surface area contributed by atoms with Crippen LogP contribution in [0.4, 0.5) is 4.39 Å². The van der Waals surface area contributed by atoms with Crippen molar-refractivity contribution in [3.63, 3.8) is 0 Å². The summed E-state index contributed by atoms with van der Waals surface area (Å²) in [6.07, 6.45) is 3.67. The first-order valence-electron chi connectivity index (χ1n) is 16.2. The number of carbonyl (C=O) groups is 4. The van der Waals surface area contributed by atoms with Gasteiger partial charge in [0.1, 0.15) is 23.5 Å². The molecule has 4 fully saturated rings. The van der Waals surface area contributed by atoms with E-state index in [2.05, 4.69) is 16.0 Å². The molecule has 0 spiro atoms. The average molecular weight is 619 g/mol. The minimum absolute atomic E-state index is 0.146. The Morgan fingerprint density at radius 1 is 1.07 bits per heavy atom. The first-order chi connectivity index (χ1) is 21.6. The van der Waals surface area contributed by atoms with Gasteiger partial charge in [-0.15, -0.1) is 0 Å². The SMILES string of the molecule is Cc1ccc2cc1CNC(=O)[C@H](CCc1ccccc1)NC(=O)[C@@H](NC(=O)C13CC(F)(C1)C3)CC(=O)N1CCCC(CCO2)C1. The van der Waals surface area contributed by atoms with E-state index in [1.165, 1.54) is 0 Å². The van der Waals surface area contributed by atoms with Crippen LogP contribution < -0.4 is 20.7 Å². The first-order valence-corrected chi connectivity index (χ1v) is 16.2. The number of piperidine rings is 1. The minimum Gasteiger partial charge on any atom is -0.494 e. The Labute approximate surface area is 263 Å². The molecule has 10 heteroatoms. The lowest BCUT2D eigenvalue weighted by molar-refractivity contribution is -0.214. The first kappa shape index (κ1) is 31.0. The molecule has 45 heavy (non-hydrogen) atoms. The summed E-state index contributed by atoms with van der Waals surface area (Å²) in [5.74, 6) is -0.587. The van der Waals surface area contributed by atoms with E-state index in [4.69, 9.17) is 4.74 Å². The number of hydrogen-bond acceptors (Lipinski definition) is 5. The molecule has 2 aromatic rings. The van der Waals surface area contributed by atoms with Gasteiger partial charge in [-0.05, 0) is 93.0 Å². The van der Waals surface area contributed by atoms with Crippen molar-refractivity contribution < 1.29 is 28.3 Å². The molecule has 6 bridgehead atoms. The lowest BCUT2D eigenvalue weighted by Gasteiger charge is -2.64. The molecule has 3 N–H and O–H groups in total. The zero-order valence-corrected chi connectivity index (χ0v) is 25.9. The second-order valence-electron chi connectivity index (χ2n) is 13.6. The van der Waals surface area contributed by atoms with Crippen molar-refractivity contribution in [2.24, 2.45) is 11.3 Å². The second kappa shape index (κ2) is 12.8. The van der Waals surface area contributed by atoms with E-state index in [9.17, 15) is 23.6 Å². The summed E-state index contributed by atoms with van der Waals surface area (Å²) >= 11 is 0. The highest BCUT2D eigenvalue weighted by Crippen LogP contribution is 2.69. The molecule has 9 nitrogen and oxygen atoms in total. The van der Waals surface area contributed by atoms with E-state index in [0.29, 0.717) is 32.5 Å². The number of fused-ring (bicyclic) bond motifs is 4. The molecule has 0 radical (unpaired) electrons. The molecule has 3 aliphatic carbocycles. The molecule has 240 valence electrons. The maximum atomic E-state index is 14.3. The van der Waals surface area contributed by atoms with Crippen LogP contribution in [0.15, 0.2) is 48.5 Å². The average Bonchev–Trinajstić information content (AvgIpc) is 3.00. The van der Waals surface area contributed by atoms with Gasteiger partial charge < -0.3 is 25.6 Å². The molecule has 5 aliphatic rings. The Balaban J connectivity index is 1.25. The molecule has 2 heterocycles. The fourth-order valence-electron chi connectivity index (χ4n) is 7.33. The number of amides is 4. The molecule has 3 saturated carbocycles. The lowest BCUT2D eigenvalue weighted by atomic mass is 9.42. The third-order valence-electron chi connectivity index (χ3n) is 10.1. The Hall–Kier alpha value is -3.95. The van der Waals surface area contributed by atoms with Crippen molar-refractivity contribution in [1.29, 1.82) is 0 Å². The summed E-state index contributed by atoms with van der Waals surface area (Å²) in [6.45, 7) is 3.87.